The lowest BCUT2D eigenvalue weighted by Crippen LogP contribution is -2.54. The van der Waals surface area contributed by atoms with Gasteiger partial charge in [0.05, 0.1) is 7.11 Å². The molecule has 4 atom stereocenters. The Kier molecular flexibility index (Phi) is 9.10. The molecule has 3 N–H and O–H groups in total. The summed E-state index contributed by atoms with van der Waals surface area (Å²) in [5, 5.41) is 27.4. The van der Waals surface area contributed by atoms with Gasteiger partial charge in [0.1, 0.15) is 10.6 Å². The number of methoxy groups -OCH3 is 1. The lowest BCUT2D eigenvalue weighted by Gasteiger charge is -2.37. The van der Waals surface area contributed by atoms with E-state index in [0.29, 0.717) is 11.5 Å². The molecule has 0 saturated carbocycles. The van der Waals surface area contributed by atoms with Crippen LogP contribution in [0.1, 0.15) is 18.9 Å². The topological polar surface area (TPSA) is 121 Å². The number of ether oxygens (including phenoxy) is 1. The first-order chi connectivity index (χ1) is 12.5. The Morgan fingerprint density at radius 1 is 1.19 bits per heavy atom. The van der Waals surface area contributed by atoms with Crippen LogP contribution >= 0.6 is 43.6 Å². The summed E-state index contributed by atoms with van der Waals surface area (Å²) < 4.78 is 3.19. The zero-order chi connectivity index (χ0) is 20.8. The highest BCUT2D eigenvalue weighted by molar-refractivity contribution is 9.13. The van der Waals surface area contributed by atoms with Crippen LogP contribution in [0.4, 0.5) is 0 Å². The first-order valence-corrected chi connectivity index (χ1v) is 10.5. The molecule has 1 aromatic rings. The molecule has 27 heavy (non-hydrogen) atoms. The Bertz CT molecular complexity index is 682. The molecule has 1 aromatic carbocycles. The van der Waals surface area contributed by atoms with Crippen LogP contribution in [0.5, 0.6) is 5.75 Å². The molecule has 10 heteroatoms. The number of carboxylic acids is 3. The molecule has 150 valence electrons. The molecular weight excluding hydrogens is 508 g/mol. The van der Waals surface area contributed by atoms with E-state index >= 15 is 0 Å². The summed E-state index contributed by atoms with van der Waals surface area (Å²) in [6.07, 6.45) is -0.291. The third-order valence-corrected chi connectivity index (χ3v) is 8.95. The van der Waals surface area contributed by atoms with E-state index in [9.17, 15) is 24.6 Å². The Morgan fingerprint density at radius 2 is 1.74 bits per heavy atom. The van der Waals surface area contributed by atoms with Gasteiger partial charge in [0.2, 0.25) is 0 Å². The highest BCUT2D eigenvalue weighted by Gasteiger charge is 2.54. The zero-order valence-electron chi connectivity index (χ0n) is 14.6. The van der Waals surface area contributed by atoms with E-state index in [1.165, 1.54) is 11.8 Å². The van der Waals surface area contributed by atoms with Crippen molar-refractivity contribution in [3.63, 3.8) is 0 Å². The third kappa shape index (κ3) is 6.11. The van der Waals surface area contributed by atoms with Crippen molar-refractivity contribution < 1.29 is 34.4 Å². The Balaban J connectivity index is 3.18. The van der Waals surface area contributed by atoms with Gasteiger partial charge in [0.25, 0.3) is 0 Å². The van der Waals surface area contributed by atoms with Gasteiger partial charge < -0.3 is 20.1 Å². The first kappa shape index (κ1) is 23.8. The van der Waals surface area contributed by atoms with Crippen molar-refractivity contribution in [1.82, 2.24) is 0 Å². The largest absolute Gasteiger partial charge is 0.497 e. The predicted octanol–water partition coefficient (Wildman–Crippen LogP) is 3.47. The predicted molar refractivity (Wildman–Crippen MR) is 109 cm³/mol. The van der Waals surface area contributed by atoms with Gasteiger partial charge in [-0.2, -0.15) is 11.8 Å². The van der Waals surface area contributed by atoms with Crippen LogP contribution in [0.25, 0.3) is 0 Å². The van der Waals surface area contributed by atoms with Crippen molar-refractivity contribution in [3.05, 3.63) is 29.8 Å². The lowest BCUT2D eigenvalue weighted by molar-refractivity contribution is -0.146. The molecule has 0 aliphatic heterocycles. The molecule has 0 fully saturated rings. The average molecular weight is 528 g/mol. The SMILES string of the molecule is COc1ccc(CSC(C(C)CC(=O)O)[C@@](Br)(C(=O)O)C(Br)C(=O)O)cc1. The molecule has 0 amide bonds. The second-order valence-electron chi connectivity index (χ2n) is 5.93. The number of halogens is 2. The second kappa shape index (κ2) is 10.3. The van der Waals surface area contributed by atoms with Crippen LogP contribution < -0.4 is 4.74 Å². The van der Waals surface area contributed by atoms with Crippen molar-refractivity contribution in [3.8, 4) is 5.75 Å². The molecule has 0 radical (unpaired) electrons. The van der Waals surface area contributed by atoms with Gasteiger partial charge in [0, 0.05) is 17.4 Å². The van der Waals surface area contributed by atoms with Crippen LogP contribution in [0.3, 0.4) is 0 Å². The molecule has 1 rings (SSSR count). The van der Waals surface area contributed by atoms with E-state index in [1.54, 1.807) is 26.2 Å². The molecule has 7 nitrogen and oxygen atoms in total. The smallest absolute Gasteiger partial charge is 0.323 e. The Labute approximate surface area is 177 Å². The minimum atomic E-state index is -1.90. The number of benzene rings is 1. The van der Waals surface area contributed by atoms with Gasteiger partial charge >= 0.3 is 17.9 Å². The zero-order valence-corrected chi connectivity index (χ0v) is 18.6. The molecule has 0 aromatic heterocycles. The number of carboxylic acid groups (broad SMARTS) is 3. The van der Waals surface area contributed by atoms with E-state index in [2.05, 4.69) is 31.9 Å². The summed E-state index contributed by atoms with van der Waals surface area (Å²) >= 11 is 7.24. The molecule has 3 unspecified atom stereocenters. The number of alkyl halides is 2. The number of carbonyl (C=O) groups is 3. The van der Waals surface area contributed by atoms with E-state index in [0.717, 1.165) is 5.56 Å². The maximum absolute atomic E-state index is 12.0. The number of hydrogen-bond acceptors (Lipinski definition) is 5. The summed E-state index contributed by atoms with van der Waals surface area (Å²) in [7, 11) is 1.54. The standard InChI is InChI=1S/C17H20Br2O7S/c1-9(7-12(20)21)14(17(19,16(24)25)13(18)15(22)23)27-8-10-3-5-11(26-2)6-4-10/h3-6,9,13-14H,7-8H2,1-2H3,(H,20,21)(H,22,23)(H,24,25)/t9?,13?,14?,17-/m1/s1. The fourth-order valence-corrected chi connectivity index (χ4v) is 5.71. The lowest BCUT2D eigenvalue weighted by atomic mass is 9.90. The van der Waals surface area contributed by atoms with E-state index < -0.39 is 38.2 Å². The highest BCUT2D eigenvalue weighted by Crippen LogP contribution is 2.44. The third-order valence-electron chi connectivity index (χ3n) is 3.93. The average Bonchev–Trinajstić information content (AvgIpc) is 2.60. The molecular formula is C17H20Br2O7S. The fourth-order valence-electron chi connectivity index (χ4n) is 2.54. The summed E-state index contributed by atoms with van der Waals surface area (Å²) in [4.78, 5) is 33.1. The van der Waals surface area contributed by atoms with Gasteiger partial charge in [-0.15, -0.1) is 0 Å². The maximum atomic E-state index is 12.0. The van der Waals surface area contributed by atoms with Crippen LogP contribution in [0.2, 0.25) is 0 Å². The summed E-state index contributed by atoms with van der Waals surface area (Å²) in [6, 6.07) is 7.14. The number of hydrogen-bond donors (Lipinski definition) is 3. The van der Waals surface area contributed by atoms with Gasteiger partial charge in [0.15, 0.2) is 4.32 Å². The molecule has 0 saturated heterocycles. The maximum Gasteiger partial charge on any atom is 0.323 e. The second-order valence-corrected chi connectivity index (χ2v) is 9.29. The van der Waals surface area contributed by atoms with Crippen LogP contribution in [0.15, 0.2) is 24.3 Å². The number of aliphatic carboxylic acids is 3. The quantitative estimate of drug-likeness (QED) is 0.374. The Morgan fingerprint density at radius 3 is 2.15 bits per heavy atom. The van der Waals surface area contributed by atoms with Crippen LogP contribution in [-0.2, 0) is 20.1 Å². The van der Waals surface area contributed by atoms with E-state index in [1.807, 2.05) is 12.1 Å². The minimum Gasteiger partial charge on any atom is -0.497 e. The van der Waals surface area contributed by atoms with Crippen molar-refractivity contribution in [2.24, 2.45) is 5.92 Å². The Hall–Kier alpha value is -1.26. The molecule has 0 spiro atoms. The molecule has 0 heterocycles. The monoisotopic (exact) mass is 526 g/mol. The van der Waals surface area contributed by atoms with Crippen molar-refractivity contribution in [1.29, 1.82) is 0 Å². The normalized spacial score (nSPS) is 16.6. The highest BCUT2D eigenvalue weighted by atomic mass is 79.9. The molecule has 0 aliphatic rings. The molecule has 0 bridgehead atoms. The van der Waals surface area contributed by atoms with Gasteiger partial charge in [-0.25, -0.2) is 0 Å². The fraction of sp³-hybridized carbons (Fsp3) is 0.471. The first-order valence-electron chi connectivity index (χ1n) is 7.79. The van der Waals surface area contributed by atoms with Gasteiger partial charge in [-0.1, -0.05) is 50.9 Å². The van der Waals surface area contributed by atoms with Crippen molar-refractivity contribution in [2.45, 2.75) is 33.5 Å². The van der Waals surface area contributed by atoms with Gasteiger partial charge in [-0.05, 0) is 23.6 Å². The van der Waals surface area contributed by atoms with Gasteiger partial charge in [-0.3, -0.25) is 14.4 Å². The number of thioether (sulfide) groups is 1. The van der Waals surface area contributed by atoms with Crippen molar-refractivity contribution >= 4 is 61.5 Å². The summed E-state index contributed by atoms with van der Waals surface area (Å²) in [5.41, 5.74) is 0.870. The minimum absolute atomic E-state index is 0.291. The summed E-state index contributed by atoms with van der Waals surface area (Å²) in [6.45, 7) is 1.60. The van der Waals surface area contributed by atoms with E-state index in [4.69, 9.17) is 9.84 Å². The molecule has 0 aliphatic carbocycles. The summed E-state index contributed by atoms with van der Waals surface area (Å²) in [5.74, 6) is -3.38. The van der Waals surface area contributed by atoms with E-state index in [-0.39, 0.29) is 6.42 Å². The van der Waals surface area contributed by atoms with Crippen LogP contribution in [-0.4, -0.2) is 54.7 Å². The van der Waals surface area contributed by atoms with Crippen molar-refractivity contribution in [2.75, 3.05) is 7.11 Å². The number of rotatable bonds is 11. The van der Waals surface area contributed by atoms with Crippen LogP contribution in [0, 0.1) is 5.92 Å².